The molecule has 0 spiro atoms. The zero-order valence-electron chi connectivity index (χ0n) is 20.0. The third kappa shape index (κ3) is 5.32. The molecule has 2 heterocycles. The average molecular weight is 547 g/mol. The Labute approximate surface area is 211 Å². The minimum Gasteiger partial charge on any atom is -0.444 e. The molecule has 1 aliphatic heterocycles. The van der Waals surface area contributed by atoms with E-state index in [9.17, 15) is 18.8 Å². The van der Waals surface area contributed by atoms with E-state index in [0.717, 1.165) is 5.56 Å². The average Bonchev–Trinajstić information content (AvgIpc) is 3.37. The smallest absolute Gasteiger partial charge is 0.411 e. The molecule has 10 heteroatoms. The SMILES string of the molecule is Cc1ccc(Br)nc1NC(=O)[C@@H]1C[C@@]2(CNC(=O)c3ccccc3F)CC2N1C(=O)OC(C)(C)C. The van der Waals surface area contributed by atoms with E-state index in [0.29, 0.717) is 23.3 Å². The highest BCUT2D eigenvalue weighted by Crippen LogP contribution is 2.59. The number of likely N-dealkylation sites (tertiary alicyclic amines) is 1. The minimum absolute atomic E-state index is 0.0476. The summed E-state index contributed by atoms with van der Waals surface area (Å²) in [7, 11) is 0. The summed E-state index contributed by atoms with van der Waals surface area (Å²) < 4.78 is 20.2. The van der Waals surface area contributed by atoms with E-state index < -0.39 is 34.9 Å². The summed E-state index contributed by atoms with van der Waals surface area (Å²) in [5, 5.41) is 5.62. The van der Waals surface area contributed by atoms with Gasteiger partial charge in [0.25, 0.3) is 5.91 Å². The highest BCUT2D eigenvalue weighted by atomic mass is 79.9. The van der Waals surface area contributed by atoms with Crippen LogP contribution in [0.2, 0.25) is 0 Å². The van der Waals surface area contributed by atoms with Gasteiger partial charge in [-0.05, 0) is 80.2 Å². The van der Waals surface area contributed by atoms with Crippen molar-refractivity contribution in [1.29, 1.82) is 0 Å². The van der Waals surface area contributed by atoms with Gasteiger partial charge in [-0.15, -0.1) is 0 Å². The van der Waals surface area contributed by atoms with E-state index >= 15 is 0 Å². The minimum atomic E-state index is -0.797. The van der Waals surface area contributed by atoms with E-state index in [1.165, 1.54) is 23.1 Å². The van der Waals surface area contributed by atoms with Crippen molar-refractivity contribution in [2.24, 2.45) is 5.41 Å². The lowest BCUT2D eigenvalue weighted by atomic mass is 9.98. The molecule has 3 amide bonds. The number of anilines is 1. The number of nitrogens with one attached hydrogen (secondary N) is 2. The quantitative estimate of drug-likeness (QED) is 0.540. The number of fused-ring (bicyclic) bond motifs is 1. The van der Waals surface area contributed by atoms with Crippen LogP contribution in [0, 0.1) is 18.2 Å². The number of ether oxygens (including phenoxy) is 1. The molecule has 2 aliphatic rings. The predicted molar refractivity (Wildman–Crippen MR) is 131 cm³/mol. The molecular weight excluding hydrogens is 519 g/mol. The maximum absolute atomic E-state index is 14.0. The molecule has 186 valence electrons. The number of rotatable bonds is 5. The molecule has 1 aromatic carbocycles. The Morgan fingerprint density at radius 3 is 2.60 bits per heavy atom. The maximum Gasteiger partial charge on any atom is 0.411 e. The Morgan fingerprint density at radius 2 is 1.91 bits per heavy atom. The van der Waals surface area contributed by atoms with E-state index in [2.05, 4.69) is 31.5 Å². The number of piperidine rings is 1. The molecule has 1 unspecified atom stereocenters. The van der Waals surface area contributed by atoms with Crippen LogP contribution in [0.1, 0.15) is 49.5 Å². The molecule has 1 saturated carbocycles. The summed E-state index contributed by atoms with van der Waals surface area (Å²) in [4.78, 5) is 44.8. The van der Waals surface area contributed by atoms with Crippen molar-refractivity contribution in [2.75, 3.05) is 11.9 Å². The van der Waals surface area contributed by atoms with E-state index in [1.807, 2.05) is 13.0 Å². The van der Waals surface area contributed by atoms with Gasteiger partial charge in [-0.2, -0.15) is 0 Å². The van der Waals surface area contributed by atoms with E-state index in [-0.39, 0.29) is 24.1 Å². The summed E-state index contributed by atoms with van der Waals surface area (Å²) in [6.07, 6.45) is 0.371. The standard InChI is InChI=1S/C25H28BrFN4O4/c1-14-9-10-19(26)29-20(14)30-22(33)17-11-25(12-18(25)31(17)23(34)35-24(2,3)4)13-28-21(32)15-7-5-6-8-16(15)27/h5-10,17-18H,11-13H2,1-4H3,(H,28,32)(H,29,30,33)/t17-,18?,25-/m0/s1. The number of hydrogen-bond acceptors (Lipinski definition) is 5. The zero-order chi connectivity index (χ0) is 25.5. The third-order valence-electron chi connectivity index (χ3n) is 6.35. The van der Waals surface area contributed by atoms with Gasteiger partial charge in [0, 0.05) is 18.0 Å². The number of aromatic nitrogens is 1. The lowest BCUT2D eigenvalue weighted by Crippen LogP contribution is -2.47. The number of benzene rings is 1. The van der Waals surface area contributed by atoms with Gasteiger partial charge in [0.1, 0.15) is 27.9 Å². The second kappa shape index (κ2) is 9.22. The number of carbonyl (C=O) groups is 3. The first kappa shape index (κ1) is 25.1. The lowest BCUT2D eigenvalue weighted by Gasteiger charge is -2.29. The molecular formula is C25H28BrFN4O4. The Kier molecular flexibility index (Phi) is 6.61. The van der Waals surface area contributed by atoms with Crippen LogP contribution in [0.4, 0.5) is 15.0 Å². The van der Waals surface area contributed by atoms with Crippen LogP contribution in [0.5, 0.6) is 0 Å². The van der Waals surface area contributed by atoms with E-state index in [1.54, 1.807) is 32.9 Å². The van der Waals surface area contributed by atoms with Crippen molar-refractivity contribution < 1.29 is 23.5 Å². The van der Waals surface area contributed by atoms with Gasteiger partial charge in [0.2, 0.25) is 5.91 Å². The first-order chi connectivity index (χ1) is 16.4. The van der Waals surface area contributed by atoms with Crippen LogP contribution in [0.3, 0.4) is 0 Å². The third-order valence-corrected chi connectivity index (χ3v) is 6.79. The number of carbonyl (C=O) groups excluding carboxylic acids is 3. The van der Waals surface area contributed by atoms with Crippen LogP contribution in [-0.2, 0) is 9.53 Å². The number of hydrogen-bond donors (Lipinski definition) is 2. The molecule has 8 nitrogen and oxygen atoms in total. The summed E-state index contributed by atoms with van der Waals surface area (Å²) in [6, 6.07) is 8.28. The van der Waals surface area contributed by atoms with Gasteiger partial charge in [0.05, 0.1) is 5.56 Å². The molecule has 2 fully saturated rings. The molecule has 1 aliphatic carbocycles. The molecule has 1 aromatic heterocycles. The highest BCUT2D eigenvalue weighted by Gasteiger charge is 2.67. The number of amides is 3. The number of pyridine rings is 1. The molecule has 0 radical (unpaired) electrons. The van der Waals surface area contributed by atoms with Crippen molar-refractivity contribution in [3.63, 3.8) is 0 Å². The fourth-order valence-corrected chi connectivity index (χ4v) is 4.83. The zero-order valence-corrected chi connectivity index (χ0v) is 21.6. The normalized spacial score (nSPS) is 22.9. The summed E-state index contributed by atoms with van der Waals surface area (Å²) >= 11 is 3.31. The van der Waals surface area contributed by atoms with Crippen LogP contribution in [0.15, 0.2) is 41.0 Å². The molecule has 2 aromatic rings. The molecule has 3 atom stereocenters. The predicted octanol–water partition coefficient (Wildman–Crippen LogP) is 4.43. The largest absolute Gasteiger partial charge is 0.444 e. The Morgan fingerprint density at radius 1 is 1.20 bits per heavy atom. The van der Waals surface area contributed by atoms with Crippen LogP contribution < -0.4 is 10.6 Å². The summed E-state index contributed by atoms with van der Waals surface area (Å²) in [6.45, 7) is 7.33. The highest BCUT2D eigenvalue weighted by molar-refractivity contribution is 9.10. The van der Waals surface area contributed by atoms with Crippen molar-refractivity contribution in [3.8, 4) is 0 Å². The summed E-state index contributed by atoms with van der Waals surface area (Å²) in [5.74, 6) is -1.12. The van der Waals surface area contributed by atoms with Crippen molar-refractivity contribution >= 4 is 39.7 Å². The fraction of sp³-hybridized carbons (Fsp3) is 0.440. The van der Waals surface area contributed by atoms with Gasteiger partial charge < -0.3 is 15.4 Å². The summed E-state index contributed by atoms with van der Waals surface area (Å²) in [5.41, 5.74) is -0.492. The monoisotopic (exact) mass is 546 g/mol. The van der Waals surface area contributed by atoms with Crippen LogP contribution in [0.25, 0.3) is 0 Å². The number of halogens is 2. The topological polar surface area (TPSA) is 101 Å². The van der Waals surface area contributed by atoms with Crippen LogP contribution >= 0.6 is 15.9 Å². The van der Waals surface area contributed by atoms with Gasteiger partial charge in [-0.3, -0.25) is 14.5 Å². The van der Waals surface area contributed by atoms with Gasteiger partial charge >= 0.3 is 6.09 Å². The molecule has 35 heavy (non-hydrogen) atoms. The van der Waals surface area contributed by atoms with Crippen molar-refractivity contribution in [2.45, 2.75) is 58.2 Å². The fourth-order valence-electron chi connectivity index (χ4n) is 4.52. The van der Waals surface area contributed by atoms with Crippen molar-refractivity contribution in [1.82, 2.24) is 15.2 Å². The lowest BCUT2D eigenvalue weighted by molar-refractivity contribution is -0.121. The second-order valence-corrected chi connectivity index (χ2v) is 11.0. The van der Waals surface area contributed by atoms with Crippen LogP contribution in [-0.4, -0.2) is 52.0 Å². The second-order valence-electron chi connectivity index (χ2n) is 10.1. The number of aryl methyl sites for hydroxylation is 1. The molecule has 0 bridgehead atoms. The maximum atomic E-state index is 14.0. The molecule has 2 N–H and O–H groups in total. The first-order valence-corrected chi connectivity index (χ1v) is 12.2. The molecule has 1 saturated heterocycles. The Bertz CT molecular complexity index is 1180. The first-order valence-electron chi connectivity index (χ1n) is 11.4. The number of nitrogens with zero attached hydrogens (tertiary/aromatic N) is 2. The van der Waals surface area contributed by atoms with Crippen molar-refractivity contribution in [3.05, 3.63) is 57.9 Å². The Balaban J connectivity index is 1.53. The molecule has 4 rings (SSSR count). The Hall–Kier alpha value is -3.01. The van der Waals surface area contributed by atoms with Gasteiger partial charge in [-0.1, -0.05) is 18.2 Å². The van der Waals surface area contributed by atoms with Gasteiger partial charge in [0.15, 0.2) is 0 Å². The van der Waals surface area contributed by atoms with Gasteiger partial charge in [-0.25, -0.2) is 14.2 Å². The van der Waals surface area contributed by atoms with E-state index in [4.69, 9.17) is 4.74 Å².